The Kier molecular flexibility index (Phi) is 4.00. The van der Waals surface area contributed by atoms with Crippen LogP contribution in [0.2, 0.25) is 0 Å². The first kappa shape index (κ1) is 16.6. The van der Waals surface area contributed by atoms with Gasteiger partial charge in [0.1, 0.15) is 23.2 Å². The van der Waals surface area contributed by atoms with Crippen molar-refractivity contribution in [1.82, 2.24) is 29.7 Å². The number of aromatic nitrogens is 6. The highest BCUT2D eigenvalue weighted by atomic mass is 16.1. The van der Waals surface area contributed by atoms with E-state index in [0.717, 1.165) is 43.2 Å². The summed E-state index contributed by atoms with van der Waals surface area (Å²) < 4.78 is 1.97. The van der Waals surface area contributed by atoms with E-state index in [9.17, 15) is 4.79 Å². The van der Waals surface area contributed by atoms with Crippen molar-refractivity contribution in [3.63, 3.8) is 0 Å². The third-order valence-electron chi connectivity index (χ3n) is 6.14. The summed E-state index contributed by atoms with van der Waals surface area (Å²) in [6.45, 7) is 4.03. The smallest absolute Gasteiger partial charge is 0.262 e. The average molecular weight is 366 g/mol. The Morgan fingerprint density at radius 2 is 1.96 bits per heavy atom. The van der Waals surface area contributed by atoms with Crippen molar-refractivity contribution in [2.45, 2.75) is 50.6 Å². The summed E-state index contributed by atoms with van der Waals surface area (Å²) in [4.78, 5) is 30.5. The molecule has 0 bridgehead atoms. The van der Waals surface area contributed by atoms with Gasteiger partial charge >= 0.3 is 0 Å². The lowest BCUT2D eigenvalue weighted by Gasteiger charge is -2.37. The van der Waals surface area contributed by atoms with E-state index in [1.165, 1.54) is 17.7 Å². The molecule has 5 rings (SSSR count). The zero-order chi connectivity index (χ0) is 18.4. The van der Waals surface area contributed by atoms with Crippen LogP contribution in [0.1, 0.15) is 62.3 Å². The molecule has 1 saturated heterocycles. The Morgan fingerprint density at radius 1 is 1.22 bits per heavy atom. The van der Waals surface area contributed by atoms with E-state index < -0.39 is 0 Å². The number of nitrogens with one attached hydrogen (secondary N) is 2. The maximum Gasteiger partial charge on any atom is 0.262 e. The fourth-order valence-electron chi connectivity index (χ4n) is 4.40. The first-order valence-electron chi connectivity index (χ1n) is 9.79. The number of H-pyrrole nitrogens is 1. The maximum absolute atomic E-state index is 12.6. The summed E-state index contributed by atoms with van der Waals surface area (Å²) in [6, 6.07) is 2.33. The number of fused-ring (bicyclic) bond motifs is 1. The molecule has 0 radical (unpaired) electrons. The quantitative estimate of drug-likeness (QED) is 0.711. The molecule has 3 aromatic rings. The summed E-state index contributed by atoms with van der Waals surface area (Å²) in [7, 11) is 0. The SMILES string of the molecule is C[C@H](c1nc2c(cnn2C2CCCC2)c(=O)[nH]1)[NH+]1CC(c2ncccn2)C1. The zero-order valence-corrected chi connectivity index (χ0v) is 15.4. The molecule has 2 aliphatic rings. The van der Waals surface area contributed by atoms with Crippen LogP contribution in [-0.2, 0) is 0 Å². The molecule has 2 N–H and O–H groups in total. The van der Waals surface area contributed by atoms with Crippen LogP contribution >= 0.6 is 0 Å². The van der Waals surface area contributed by atoms with Gasteiger partial charge < -0.3 is 9.88 Å². The molecule has 3 aromatic heterocycles. The molecule has 140 valence electrons. The van der Waals surface area contributed by atoms with Crippen LogP contribution in [0, 0.1) is 0 Å². The largest absolute Gasteiger partial charge is 0.325 e. The van der Waals surface area contributed by atoms with Crippen molar-refractivity contribution >= 4 is 11.0 Å². The molecule has 1 aliphatic carbocycles. The zero-order valence-electron chi connectivity index (χ0n) is 15.4. The number of quaternary nitrogens is 1. The van der Waals surface area contributed by atoms with E-state index in [1.807, 2.05) is 10.7 Å². The molecular weight excluding hydrogens is 342 g/mol. The predicted octanol–water partition coefficient (Wildman–Crippen LogP) is 0.768. The molecule has 8 heteroatoms. The third kappa shape index (κ3) is 2.84. The van der Waals surface area contributed by atoms with Gasteiger partial charge in [-0.15, -0.1) is 0 Å². The van der Waals surface area contributed by atoms with Crippen LogP contribution in [0.3, 0.4) is 0 Å². The molecule has 8 nitrogen and oxygen atoms in total. The van der Waals surface area contributed by atoms with Crippen LogP contribution in [0.15, 0.2) is 29.5 Å². The van der Waals surface area contributed by atoms with E-state index in [-0.39, 0.29) is 11.6 Å². The number of likely N-dealkylation sites (tertiary alicyclic amines) is 1. The first-order chi connectivity index (χ1) is 13.2. The lowest BCUT2D eigenvalue weighted by atomic mass is 9.97. The topological polar surface area (TPSA) is 93.8 Å². The van der Waals surface area contributed by atoms with Crippen molar-refractivity contribution in [1.29, 1.82) is 0 Å². The third-order valence-corrected chi connectivity index (χ3v) is 6.14. The van der Waals surface area contributed by atoms with Gasteiger partial charge in [-0.25, -0.2) is 19.6 Å². The number of rotatable bonds is 4. The van der Waals surface area contributed by atoms with E-state index >= 15 is 0 Å². The minimum Gasteiger partial charge on any atom is -0.325 e. The molecule has 1 atom stereocenters. The molecule has 0 amide bonds. The Labute approximate surface area is 156 Å². The Bertz CT molecular complexity index is 1000. The van der Waals surface area contributed by atoms with Gasteiger partial charge in [-0.2, -0.15) is 5.10 Å². The van der Waals surface area contributed by atoms with Crippen molar-refractivity contribution in [2.24, 2.45) is 0 Å². The van der Waals surface area contributed by atoms with Crippen molar-refractivity contribution < 1.29 is 4.90 Å². The lowest BCUT2D eigenvalue weighted by molar-refractivity contribution is -0.971. The summed E-state index contributed by atoms with van der Waals surface area (Å²) >= 11 is 0. The van der Waals surface area contributed by atoms with Gasteiger partial charge in [-0.1, -0.05) is 12.8 Å². The number of nitrogens with zero attached hydrogens (tertiary/aromatic N) is 5. The van der Waals surface area contributed by atoms with E-state index in [0.29, 0.717) is 17.3 Å². The Balaban J connectivity index is 1.40. The fourth-order valence-corrected chi connectivity index (χ4v) is 4.40. The van der Waals surface area contributed by atoms with Gasteiger partial charge in [-0.05, 0) is 25.8 Å². The first-order valence-corrected chi connectivity index (χ1v) is 9.79. The molecule has 0 aromatic carbocycles. The van der Waals surface area contributed by atoms with Crippen molar-refractivity contribution in [3.8, 4) is 0 Å². The summed E-state index contributed by atoms with van der Waals surface area (Å²) in [5.41, 5.74) is 0.643. The second kappa shape index (κ2) is 6.53. The normalized spacial score (nSPS) is 24.2. The van der Waals surface area contributed by atoms with E-state index in [1.54, 1.807) is 18.6 Å². The van der Waals surface area contributed by atoms with Crippen LogP contribution in [0.25, 0.3) is 11.0 Å². The van der Waals surface area contributed by atoms with Gasteiger partial charge in [0.2, 0.25) is 0 Å². The number of hydrogen-bond donors (Lipinski definition) is 2. The highest BCUT2D eigenvalue weighted by Crippen LogP contribution is 2.30. The van der Waals surface area contributed by atoms with Crippen molar-refractivity contribution in [3.05, 3.63) is 46.7 Å². The lowest BCUT2D eigenvalue weighted by Crippen LogP contribution is -3.19. The Morgan fingerprint density at radius 3 is 2.70 bits per heavy atom. The van der Waals surface area contributed by atoms with Gasteiger partial charge in [0.25, 0.3) is 5.56 Å². The molecular formula is C19H24N7O+. The minimum atomic E-state index is -0.0889. The van der Waals surface area contributed by atoms with Gasteiger partial charge in [0, 0.05) is 12.4 Å². The fraction of sp³-hybridized carbons (Fsp3) is 0.526. The van der Waals surface area contributed by atoms with Crippen LogP contribution in [0.4, 0.5) is 0 Å². The predicted molar refractivity (Wildman–Crippen MR) is 99.5 cm³/mol. The molecule has 4 heterocycles. The highest BCUT2D eigenvalue weighted by Gasteiger charge is 2.39. The highest BCUT2D eigenvalue weighted by molar-refractivity contribution is 5.73. The number of hydrogen-bond acceptors (Lipinski definition) is 5. The molecule has 1 aliphatic heterocycles. The number of aromatic amines is 1. The maximum atomic E-state index is 12.6. The standard InChI is InChI=1S/C19H23N7O/c1-12(25-10-13(11-25)17-20-7-4-8-21-17)16-23-18-15(19(27)24-16)9-22-26(18)14-5-2-3-6-14/h4,7-9,12-14H,2-3,5-6,10-11H2,1H3,(H,23,24,27)/p+1/t12-/m1/s1. The van der Waals surface area contributed by atoms with Crippen LogP contribution < -0.4 is 10.5 Å². The summed E-state index contributed by atoms with van der Waals surface area (Å²) in [5.74, 6) is 2.03. The molecule has 27 heavy (non-hydrogen) atoms. The molecule has 1 saturated carbocycles. The molecule has 0 unspecified atom stereocenters. The summed E-state index contributed by atoms with van der Waals surface area (Å²) in [5, 5.41) is 5.07. The van der Waals surface area contributed by atoms with Gasteiger partial charge in [0.15, 0.2) is 11.5 Å². The monoisotopic (exact) mass is 366 g/mol. The van der Waals surface area contributed by atoms with Crippen LogP contribution in [0.5, 0.6) is 0 Å². The van der Waals surface area contributed by atoms with E-state index in [2.05, 4.69) is 27.0 Å². The minimum absolute atomic E-state index is 0.0889. The van der Waals surface area contributed by atoms with E-state index in [4.69, 9.17) is 4.98 Å². The molecule has 2 fully saturated rings. The van der Waals surface area contributed by atoms with Gasteiger partial charge in [-0.3, -0.25) is 4.79 Å². The van der Waals surface area contributed by atoms with Crippen molar-refractivity contribution in [2.75, 3.05) is 13.1 Å². The van der Waals surface area contributed by atoms with Crippen LogP contribution in [-0.4, -0.2) is 42.8 Å². The second-order valence-corrected chi connectivity index (χ2v) is 7.81. The average Bonchev–Trinajstić information content (AvgIpc) is 3.30. The summed E-state index contributed by atoms with van der Waals surface area (Å²) in [6.07, 6.45) is 9.92. The van der Waals surface area contributed by atoms with Gasteiger partial charge in [0.05, 0.1) is 25.3 Å². The Hall–Kier alpha value is -2.61. The molecule has 0 spiro atoms. The second-order valence-electron chi connectivity index (χ2n) is 7.81.